The van der Waals surface area contributed by atoms with E-state index in [1.165, 1.54) is 38.5 Å². The van der Waals surface area contributed by atoms with Crippen LogP contribution < -0.4 is 0 Å². The Hall–Kier alpha value is -0.730. The fraction of sp³-hybridized carbons (Fsp3) is 0.933. The molecule has 0 radical (unpaired) electrons. The second-order valence-corrected chi connectivity index (χ2v) is 5.30. The van der Waals surface area contributed by atoms with Crippen molar-refractivity contribution in [1.29, 1.82) is 0 Å². The first-order chi connectivity index (χ1) is 8.77. The lowest BCUT2D eigenvalue weighted by atomic mass is 9.83. The van der Waals surface area contributed by atoms with Crippen LogP contribution in [0.2, 0.25) is 0 Å². The van der Waals surface area contributed by atoms with Crippen LogP contribution in [-0.2, 0) is 9.47 Å². The van der Waals surface area contributed by atoms with Crippen molar-refractivity contribution in [3.63, 3.8) is 0 Å². The van der Waals surface area contributed by atoms with Gasteiger partial charge >= 0.3 is 6.16 Å². The van der Waals surface area contributed by atoms with E-state index in [0.717, 1.165) is 19.3 Å². The molecule has 0 spiro atoms. The molecule has 3 heteroatoms. The Labute approximate surface area is 111 Å². The van der Waals surface area contributed by atoms with Crippen molar-refractivity contribution in [2.45, 2.75) is 77.7 Å². The Morgan fingerprint density at radius 2 is 1.83 bits per heavy atom. The van der Waals surface area contributed by atoms with Crippen LogP contribution in [-0.4, -0.2) is 18.9 Å². The van der Waals surface area contributed by atoms with E-state index in [-0.39, 0.29) is 6.10 Å². The molecule has 3 nitrogen and oxygen atoms in total. The third kappa shape index (κ3) is 5.74. The van der Waals surface area contributed by atoms with Gasteiger partial charge in [0.2, 0.25) is 0 Å². The van der Waals surface area contributed by atoms with Crippen molar-refractivity contribution in [3.8, 4) is 0 Å². The molecule has 2 atom stereocenters. The second kappa shape index (κ2) is 9.23. The van der Waals surface area contributed by atoms with Gasteiger partial charge in [-0.2, -0.15) is 0 Å². The van der Waals surface area contributed by atoms with Crippen LogP contribution in [0.25, 0.3) is 0 Å². The lowest BCUT2D eigenvalue weighted by Gasteiger charge is -2.30. The van der Waals surface area contributed by atoms with Crippen LogP contribution in [0.15, 0.2) is 0 Å². The van der Waals surface area contributed by atoms with Gasteiger partial charge < -0.3 is 9.47 Å². The van der Waals surface area contributed by atoms with E-state index in [9.17, 15) is 4.79 Å². The molecule has 2 unspecified atom stereocenters. The molecule has 0 saturated heterocycles. The van der Waals surface area contributed by atoms with Crippen LogP contribution in [0.4, 0.5) is 4.79 Å². The number of carbonyl (C=O) groups is 1. The van der Waals surface area contributed by atoms with Crippen molar-refractivity contribution >= 4 is 6.16 Å². The van der Waals surface area contributed by atoms with Crippen LogP contribution in [0.3, 0.4) is 0 Å². The summed E-state index contributed by atoms with van der Waals surface area (Å²) < 4.78 is 10.6. The highest BCUT2D eigenvalue weighted by atomic mass is 16.7. The summed E-state index contributed by atoms with van der Waals surface area (Å²) in [6.45, 7) is 4.77. The van der Waals surface area contributed by atoms with E-state index in [1.54, 1.807) is 0 Å². The molecule has 1 saturated carbocycles. The van der Waals surface area contributed by atoms with Crippen LogP contribution in [0.5, 0.6) is 0 Å². The SMILES string of the molecule is CCCCOC(=O)OC1CCCCC1CCCC. The zero-order chi connectivity index (χ0) is 13.2. The lowest BCUT2D eigenvalue weighted by molar-refractivity contribution is -0.0147. The fourth-order valence-electron chi connectivity index (χ4n) is 2.58. The second-order valence-electron chi connectivity index (χ2n) is 5.30. The number of rotatable bonds is 7. The van der Waals surface area contributed by atoms with Gasteiger partial charge in [-0.3, -0.25) is 0 Å². The lowest BCUT2D eigenvalue weighted by Crippen LogP contribution is -2.30. The summed E-state index contributed by atoms with van der Waals surface area (Å²) in [5, 5.41) is 0. The Bertz CT molecular complexity index is 228. The van der Waals surface area contributed by atoms with E-state index in [0.29, 0.717) is 12.5 Å². The number of ether oxygens (including phenoxy) is 2. The molecule has 0 amide bonds. The summed E-state index contributed by atoms with van der Waals surface area (Å²) in [7, 11) is 0. The fourth-order valence-corrected chi connectivity index (χ4v) is 2.58. The third-order valence-corrected chi connectivity index (χ3v) is 3.73. The average Bonchev–Trinajstić information content (AvgIpc) is 2.38. The standard InChI is InChI=1S/C15H28O3/c1-3-5-9-13-10-7-8-11-14(13)18-15(16)17-12-6-4-2/h13-14H,3-12H2,1-2H3. The van der Waals surface area contributed by atoms with Gasteiger partial charge in [-0.15, -0.1) is 0 Å². The summed E-state index contributed by atoms with van der Waals surface area (Å²) in [5.41, 5.74) is 0. The van der Waals surface area contributed by atoms with Crippen molar-refractivity contribution in [2.75, 3.05) is 6.61 Å². The Morgan fingerprint density at radius 1 is 1.11 bits per heavy atom. The molecule has 0 aromatic heterocycles. The first-order valence-electron chi connectivity index (χ1n) is 7.61. The summed E-state index contributed by atoms with van der Waals surface area (Å²) in [4.78, 5) is 11.6. The Balaban J connectivity index is 2.29. The largest absolute Gasteiger partial charge is 0.508 e. The summed E-state index contributed by atoms with van der Waals surface area (Å²) in [6.07, 6.45) is 9.88. The normalized spacial score (nSPS) is 23.7. The first-order valence-corrected chi connectivity index (χ1v) is 7.61. The van der Waals surface area contributed by atoms with E-state index in [2.05, 4.69) is 13.8 Å². The van der Waals surface area contributed by atoms with Gasteiger partial charge in [0.25, 0.3) is 0 Å². The molecule has 0 heterocycles. The number of hydrogen-bond donors (Lipinski definition) is 0. The average molecular weight is 256 g/mol. The third-order valence-electron chi connectivity index (χ3n) is 3.73. The number of unbranched alkanes of at least 4 members (excludes halogenated alkanes) is 2. The summed E-state index contributed by atoms with van der Waals surface area (Å²) in [6, 6.07) is 0. The van der Waals surface area contributed by atoms with Gasteiger partial charge in [-0.1, -0.05) is 39.5 Å². The maximum atomic E-state index is 11.6. The predicted molar refractivity (Wildman–Crippen MR) is 72.6 cm³/mol. The van der Waals surface area contributed by atoms with Crippen molar-refractivity contribution in [2.24, 2.45) is 5.92 Å². The van der Waals surface area contributed by atoms with Gasteiger partial charge in [0.1, 0.15) is 6.10 Å². The van der Waals surface area contributed by atoms with E-state index < -0.39 is 6.16 Å². The highest BCUT2D eigenvalue weighted by Crippen LogP contribution is 2.30. The topological polar surface area (TPSA) is 35.5 Å². The van der Waals surface area contributed by atoms with E-state index >= 15 is 0 Å². The molecule has 1 rings (SSSR count). The Morgan fingerprint density at radius 3 is 2.56 bits per heavy atom. The molecule has 0 aromatic carbocycles. The van der Waals surface area contributed by atoms with Gasteiger partial charge in [0.15, 0.2) is 0 Å². The van der Waals surface area contributed by atoms with Crippen LogP contribution in [0, 0.1) is 5.92 Å². The van der Waals surface area contributed by atoms with Gasteiger partial charge in [-0.05, 0) is 38.0 Å². The maximum absolute atomic E-state index is 11.6. The summed E-state index contributed by atoms with van der Waals surface area (Å²) in [5.74, 6) is 0.553. The zero-order valence-electron chi connectivity index (χ0n) is 12.0. The molecule has 0 aliphatic heterocycles. The van der Waals surface area contributed by atoms with Gasteiger partial charge in [-0.25, -0.2) is 4.79 Å². The molecule has 0 aromatic rings. The van der Waals surface area contributed by atoms with Crippen LogP contribution >= 0.6 is 0 Å². The smallest absolute Gasteiger partial charge is 0.434 e. The molecule has 18 heavy (non-hydrogen) atoms. The molecular formula is C15H28O3. The maximum Gasteiger partial charge on any atom is 0.508 e. The number of hydrogen-bond acceptors (Lipinski definition) is 3. The zero-order valence-corrected chi connectivity index (χ0v) is 12.0. The van der Waals surface area contributed by atoms with E-state index in [1.807, 2.05) is 0 Å². The molecule has 0 N–H and O–H groups in total. The minimum atomic E-state index is -0.461. The number of carbonyl (C=O) groups excluding carboxylic acids is 1. The minimum absolute atomic E-state index is 0.0967. The molecule has 106 valence electrons. The van der Waals surface area contributed by atoms with Crippen molar-refractivity contribution in [1.82, 2.24) is 0 Å². The van der Waals surface area contributed by atoms with Gasteiger partial charge in [0, 0.05) is 0 Å². The monoisotopic (exact) mass is 256 g/mol. The highest BCUT2D eigenvalue weighted by molar-refractivity contribution is 5.60. The summed E-state index contributed by atoms with van der Waals surface area (Å²) >= 11 is 0. The van der Waals surface area contributed by atoms with E-state index in [4.69, 9.17) is 9.47 Å². The molecular weight excluding hydrogens is 228 g/mol. The minimum Gasteiger partial charge on any atom is -0.434 e. The van der Waals surface area contributed by atoms with Gasteiger partial charge in [0.05, 0.1) is 6.61 Å². The predicted octanol–water partition coefficient (Wildman–Crippen LogP) is 4.69. The highest BCUT2D eigenvalue weighted by Gasteiger charge is 2.28. The Kier molecular flexibility index (Phi) is 7.86. The first kappa shape index (κ1) is 15.3. The van der Waals surface area contributed by atoms with Crippen molar-refractivity contribution in [3.05, 3.63) is 0 Å². The van der Waals surface area contributed by atoms with Crippen molar-refractivity contribution < 1.29 is 14.3 Å². The van der Waals surface area contributed by atoms with Crippen LogP contribution in [0.1, 0.15) is 71.6 Å². The quantitative estimate of drug-likeness (QED) is 0.489. The molecule has 1 aliphatic carbocycles. The molecule has 1 aliphatic rings. The molecule has 1 fully saturated rings. The molecule has 0 bridgehead atoms.